The number of carbonyl (C=O) groups is 1. The first-order chi connectivity index (χ1) is 6.63. The number of carbonyl (C=O) groups excluding carboxylic acids is 1. The zero-order valence-electron chi connectivity index (χ0n) is 9.20. The van der Waals surface area contributed by atoms with Gasteiger partial charge in [0, 0.05) is 26.1 Å². The van der Waals surface area contributed by atoms with Crippen molar-refractivity contribution in [3.63, 3.8) is 0 Å². The Bertz CT molecular complexity index is 192. The minimum absolute atomic E-state index is 0.247. The fourth-order valence-electron chi connectivity index (χ4n) is 1.96. The molecule has 0 aromatic carbocycles. The highest BCUT2D eigenvalue weighted by atomic mass is 16.3. The van der Waals surface area contributed by atoms with Crippen LogP contribution >= 0.6 is 0 Å². The van der Waals surface area contributed by atoms with Crippen molar-refractivity contribution in [2.45, 2.75) is 33.1 Å². The van der Waals surface area contributed by atoms with E-state index in [4.69, 9.17) is 5.11 Å². The van der Waals surface area contributed by atoms with Gasteiger partial charge in [-0.1, -0.05) is 13.8 Å². The first-order valence-corrected chi connectivity index (χ1v) is 5.52. The Hall–Kier alpha value is -0.570. The third-order valence-electron chi connectivity index (χ3n) is 2.76. The van der Waals surface area contributed by atoms with Crippen LogP contribution in [0.4, 0.5) is 0 Å². The molecule has 3 heteroatoms. The van der Waals surface area contributed by atoms with E-state index in [-0.39, 0.29) is 12.5 Å². The van der Waals surface area contributed by atoms with Crippen LogP contribution in [0.3, 0.4) is 0 Å². The standard InChI is InChI=1S/C11H21NO2/c1-9(2)7-11(14)12-5-3-10(8-12)4-6-13/h9-10,13H,3-8H2,1-2H3. The van der Waals surface area contributed by atoms with E-state index in [9.17, 15) is 4.79 Å². The molecule has 1 atom stereocenters. The summed E-state index contributed by atoms with van der Waals surface area (Å²) in [6.07, 6.45) is 2.56. The van der Waals surface area contributed by atoms with Gasteiger partial charge in [-0.15, -0.1) is 0 Å². The molecular formula is C11H21NO2. The molecule has 1 N–H and O–H groups in total. The molecule has 82 valence electrons. The fourth-order valence-corrected chi connectivity index (χ4v) is 1.96. The van der Waals surface area contributed by atoms with E-state index in [1.807, 2.05) is 4.90 Å². The molecule has 1 heterocycles. The van der Waals surface area contributed by atoms with Crippen molar-refractivity contribution in [2.24, 2.45) is 11.8 Å². The number of hydrogen-bond donors (Lipinski definition) is 1. The largest absolute Gasteiger partial charge is 0.396 e. The average molecular weight is 199 g/mol. The predicted octanol–water partition coefficient (Wildman–Crippen LogP) is 1.26. The molecule has 1 rings (SSSR count). The first-order valence-electron chi connectivity index (χ1n) is 5.52. The number of aliphatic hydroxyl groups excluding tert-OH is 1. The second-order valence-corrected chi connectivity index (χ2v) is 4.60. The Kier molecular flexibility index (Phi) is 4.39. The van der Waals surface area contributed by atoms with Crippen molar-refractivity contribution in [1.82, 2.24) is 4.90 Å². The zero-order chi connectivity index (χ0) is 10.6. The molecule has 1 aliphatic rings. The number of likely N-dealkylation sites (tertiary alicyclic amines) is 1. The maximum atomic E-state index is 11.7. The lowest BCUT2D eigenvalue weighted by atomic mass is 10.1. The fraction of sp³-hybridized carbons (Fsp3) is 0.909. The van der Waals surface area contributed by atoms with Crippen molar-refractivity contribution >= 4 is 5.91 Å². The maximum absolute atomic E-state index is 11.7. The molecule has 1 fully saturated rings. The van der Waals surface area contributed by atoms with Crippen molar-refractivity contribution in [3.8, 4) is 0 Å². The number of amides is 1. The second kappa shape index (κ2) is 5.35. The molecule has 1 amide bonds. The molecule has 1 saturated heterocycles. The zero-order valence-corrected chi connectivity index (χ0v) is 9.20. The summed E-state index contributed by atoms with van der Waals surface area (Å²) >= 11 is 0. The van der Waals surface area contributed by atoms with Gasteiger partial charge in [-0.3, -0.25) is 4.79 Å². The van der Waals surface area contributed by atoms with Crippen LogP contribution in [0.5, 0.6) is 0 Å². The number of rotatable bonds is 4. The van der Waals surface area contributed by atoms with Crippen molar-refractivity contribution in [1.29, 1.82) is 0 Å². The molecule has 0 bridgehead atoms. The van der Waals surface area contributed by atoms with E-state index in [1.54, 1.807) is 0 Å². The Morgan fingerprint density at radius 3 is 2.86 bits per heavy atom. The summed E-state index contributed by atoms with van der Waals surface area (Å²) in [5.41, 5.74) is 0. The molecule has 0 spiro atoms. The molecule has 14 heavy (non-hydrogen) atoms. The van der Waals surface area contributed by atoms with Crippen LogP contribution in [0.25, 0.3) is 0 Å². The van der Waals surface area contributed by atoms with E-state index in [0.717, 1.165) is 25.9 Å². The highest BCUT2D eigenvalue weighted by molar-refractivity contribution is 5.76. The molecular weight excluding hydrogens is 178 g/mol. The van der Waals surface area contributed by atoms with Gasteiger partial charge >= 0.3 is 0 Å². The van der Waals surface area contributed by atoms with Crippen molar-refractivity contribution in [3.05, 3.63) is 0 Å². The summed E-state index contributed by atoms with van der Waals surface area (Å²) in [5, 5.41) is 8.79. The van der Waals surface area contributed by atoms with E-state index >= 15 is 0 Å². The monoisotopic (exact) mass is 199 g/mol. The van der Waals surface area contributed by atoms with Gasteiger partial charge in [0.15, 0.2) is 0 Å². The average Bonchev–Trinajstić information content (AvgIpc) is 2.52. The summed E-state index contributed by atoms with van der Waals surface area (Å²) in [7, 11) is 0. The second-order valence-electron chi connectivity index (χ2n) is 4.60. The van der Waals surface area contributed by atoms with Crippen LogP contribution in [-0.4, -0.2) is 35.6 Å². The predicted molar refractivity (Wildman–Crippen MR) is 55.8 cm³/mol. The van der Waals surface area contributed by atoms with E-state index in [1.165, 1.54) is 0 Å². The van der Waals surface area contributed by atoms with Crippen LogP contribution in [0, 0.1) is 11.8 Å². The topological polar surface area (TPSA) is 40.5 Å². The van der Waals surface area contributed by atoms with Crippen molar-refractivity contribution in [2.75, 3.05) is 19.7 Å². The number of nitrogens with zero attached hydrogens (tertiary/aromatic N) is 1. The van der Waals surface area contributed by atoms with Gasteiger partial charge < -0.3 is 10.0 Å². The van der Waals surface area contributed by atoms with E-state index in [2.05, 4.69) is 13.8 Å². The third-order valence-corrected chi connectivity index (χ3v) is 2.76. The molecule has 0 aromatic heterocycles. The number of hydrogen-bond acceptors (Lipinski definition) is 2. The van der Waals surface area contributed by atoms with Gasteiger partial charge in [0.05, 0.1) is 0 Å². The SMILES string of the molecule is CC(C)CC(=O)N1CCC(CCO)C1. The van der Waals surface area contributed by atoms with Gasteiger partial charge in [0.1, 0.15) is 0 Å². The Labute approximate surface area is 86.1 Å². The van der Waals surface area contributed by atoms with Gasteiger partial charge in [0.25, 0.3) is 0 Å². The van der Waals surface area contributed by atoms with Gasteiger partial charge in [-0.05, 0) is 24.7 Å². The minimum atomic E-state index is 0.247. The molecule has 1 aliphatic heterocycles. The lowest BCUT2D eigenvalue weighted by Crippen LogP contribution is -2.29. The summed E-state index contributed by atoms with van der Waals surface area (Å²) in [4.78, 5) is 13.6. The lowest BCUT2D eigenvalue weighted by Gasteiger charge is -2.17. The van der Waals surface area contributed by atoms with Crippen LogP contribution in [0.1, 0.15) is 33.1 Å². The smallest absolute Gasteiger partial charge is 0.222 e. The summed E-state index contributed by atoms with van der Waals surface area (Å²) in [6.45, 7) is 6.12. The quantitative estimate of drug-likeness (QED) is 0.740. The van der Waals surface area contributed by atoms with Crippen LogP contribution in [-0.2, 0) is 4.79 Å². The normalized spacial score (nSPS) is 22.0. The summed E-state index contributed by atoms with van der Waals surface area (Å²) in [6, 6.07) is 0. The van der Waals surface area contributed by atoms with Gasteiger partial charge in [0.2, 0.25) is 5.91 Å². The Morgan fingerprint density at radius 1 is 1.57 bits per heavy atom. The molecule has 3 nitrogen and oxygen atoms in total. The van der Waals surface area contributed by atoms with Crippen LogP contribution < -0.4 is 0 Å². The molecule has 1 unspecified atom stereocenters. The molecule has 0 aliphatic carbocycles. The number of aliphatic hydroxyl groups is 1. The highest BCUT2D eigenvalue weighted by Gasteiger charge is 2.25. The molecule has 0 aromatic rings. The van der Waals surface area contributed by atoms with Crippen molar-refractivity contribution < 1.29 is 9.90 Å². The molecule has 0 radical (unpaired) electrons. The Morgan fingerprint density at radius 2 is 2.29 bits per heavy atom. The molecule has 0 saturated carbocycles. The van der Waals surface area contributed by atoms with Crippen LogP contribution in [0.2, 0.25) is 0 Å². The lowest BCUT2D eigenvalue weighted by molar-refractivity contribution is -0.131. The highest BCUT2D eigenvalue weighted by Crippen LogP contribution is 2.20. The van der Waals surface area contributed by atoms with E-state index < -0.39 is 0 Å². The summed E-state index contributed by atoms with van der Waals surface area (Å²) < 4.78 is 0. The van der Waals surface area contributed by atoms with E-state index in [0.29, 0.717) is 18.3 Å². The minimum Gasteiger partial charge on any atom is -0.396 e. The van der Waals surface area contributed by atoms with Gasteiger partial charge in [-0.25, -0.2) is 0 Å². The van der Waals surface area contributed by atoms with Gasteiger partial charge in [-0.2, -0.15) is 0 Å². The summed E-state index contributed by atoms with van der Waals surface area (Å²) in [5.74, 6) is 1.25. The first kappa shape index (κ1) is 11.5. The van der Waals surface area contributed by atoms with Crippen LogP contribution in [0.15, 0.2) is 0 Å². The maximum Gasteiger partial charge on any atom is 0.222 e. The third kappa shape index (κ3) is 3.29. The Balaban J connectivity index is 2.30.